The Hall–Kier alpha value is -3.37. The lowest BCUT2D eigenvalue weighted by Crippen LogP contribution is -2.44. The van der Waals surface area contributed by atoms with Gasteiger partial charge in [0, 0.05) is 18.2 Å². The summed E-state index contributed by atoms with van der Waals surface area (Å²) in [6, 6.07) is 13.4. The van der Waals surface area contributed by atoms with Crippen LogP contribution in [0.3, 0.4) is 0 Å². The quantitative estimate of drug-likeness (QED) is 0.192. The molecule has 0 atom stereocenters. The second-order valence-corrected chi connectivity index (χ2v) is 11.6. The van der Waals surface area contributed by atoms with E-state index in [1.54, 1.807) is 39.4 Å². The maximum Gasteiger partial charge on any atom is 0.264 e. The van der Waals surface area contributed by atoms with Crippen LogP contribution in [0.5, 0.6) is 5.75 Å². The third-order valence-corrected chi connectivity index (χ3v) is 8.70. The molecule has 0 bridgehead atoms. The monoisotopic (exact) mass is 565 g/mol. The summed E-state index contributed by atoms with van der Waals surface area (Å²) in [4.78, 5) is 33.4. The Morgan fingerprint density at radius 3 is 2.67 bits per heavy atom. The number of para-hydroxylation sites is 2. The summed E-state index contributed by atoms with van der Waals surface area (Å²) in [6.07, 6.45) is 6.76. The zero-order chi connectivity index (χ0) is 27.9. The van der Waals surface area contributed by atoms with E-state index in [4.69, 9.17) is 15.5 Å². The molecule has 1 aliphatic carbocycles. The number of aromatic nitrogens is 2. The van der Waals surface area contributed by atoms with Crippen LogP contribution in [0.2, 0.25) is 0 Å². The van der Waals surface area contributed by atoms with Crippen molar-refractivity contribution >= 4 is 23.4 Å². The van der Waals surface area contributed by atoms with Crippen molar-refractivity contribution < 1.29 is 13.9 Å². The van der Waals surface area contributed by atoms with E-state index in [-0.39, 0.29) is 30.4 Å². The van der Waals surface area contributed by atoms with Crippen LogP contribution in [0.15, 0.2) is 58.5 Å². The zero-order valence-corrected chi connectivity index (χ0v) is 23.4. The molecule has 2 aromatic carbocycles. The number of anilines is 1. The predicted octanol–water partition coefficient (Wildman–Crippen LogP) is 4.32. The number of thioether (sulfide) groups is 1. The van der Waals surface area contributed by atoms with Gasteiger partial charge in [0.2, 0.25) is 5.91 Å². The van der Waals surface area contributed by atoms with Gasteiger partial charge in [-0.2, -0.15) is 0 Å². The maximum absolute atomic E-state index is 13.8. The van der Waals surface area contributed by atoms with Crippen LogP contribution in [0.1, 0.15) is 49.8 Å². The van der Waals surface area contributed by atoms with Crippen LogP contribution < -0.4 is 21.3 Å². The summed E-state index contributed by atoms with van der Waals surface area (Å²) in [7, 11) is 0. The summed E-state index contributed by atoms with van der Waals surface area (Å²) in [5.74, 6) is 0.361. The molecular weight excluding hydrogens is 529 g/mol. The highest BCUT2D eigenvalue weighted by Crippen LogP contribution is 2.37. The number of ether oxygens (including phenoxy) is 1. The van der Waals surface area contributed by atoms with Gasteiger partial charge in [-0.25, -0.2) is 9.37 Å². The number of rotatable bonds is 12. The number of nitrogens with zero attached hydrogens (tertiary/aromatic N) is 3. The molecule has 8 nitrogen and oxygen atoms in total. The first-order valence-electron chi connectivity index (χ1n) is 14.0. The Morgan fingerprint density at radius 1 is 1.12 bits per heavy atom. The second-order valence-electron chi connectivity index (χ2n) is 10.3. The summed E-state index contributed by atoms with van der Waals surface area (Å²) in [5, 5.41) is 4.39. The molecule has 0 spiro atoms. The summed E-state index contributed by atoms with van der Waals surface area (Å²) in [6.45, 7) is 2.31. The molecule has 3 N–H and O–H groups in total. The van der Waals surface area contributed by atoms with Gasteiger partial charge in [-0.3, -0.25) is 14.2 Å². The average Bonchev–Trinajstić information content (AvgIpc) is 2.93. The molecule has 1 aromatic heterocycles. The number of halogens is 1. The largest absolute Gasteiger partial charge is 0.494 e. The van der Waals surface area contributed by atoms with Gasteiger partial charge in [0.1, 0.15) is 11.6 Å². The molecule has 0 radical (unpaired) electrons. The number of unbranched alkanes of at least 4 members (excludes halogenated alkanes) is 2. The highest BCUT2D eigenvalue weighted by Gasteiger charge is 2.29. The minimum atomic E-state index is -0.277. The van der Waals surface area contributed by atoms with Gasteiger partial charge in [-0.05, 0) is 75.0 Å². The molecule has 1 aliphatic heterocycles. The molecule has 2 heterocycles. The minimum Gasteiger partial charge on any atom is -0.494 e. The first-order chi connectivity index (χ1) is 19.5. The van der Waals surface area contributed by atoms with Crippen molar-refractivity contribution in [1.82, 2.24) is 19.8 Å². The van der Waals surface area contributed by atoms with E-state index in [0.717, 1.165) is 44.3 Å². The Morgan fingerprint density at radius 2 is 1.93 bits per heavy atom. The summed E-state index contributed by atoms with van der Waals surface area (Å²) < 4.78 is 20.2. The molecule has 5 rings (SSSR count). The number of carbonyl (C=O) groups excluding carboxylic acids is 1. The lowest BCUT2D eigenvalue weighted by molar-refractivity contribution is -0.131. The Kier molecular flexibility index (Phi) is 9.38. The number of carbonyl (C=O) groups is 1. The van der Waals surface area contributed by atoms with Crippen LogP contribution in [0, 0.1) is 5.82 Å². The lowest BCUT2D eigenvalue weighted by atomic mass is 10.0. The molecule has 0 unspecified atom stereocenters. The van der Waals surface area contributed by atoms with Crippen molar-refractivity contribution in [2.75, 3.05) is 32.0 Å². The van der Waals surface area contributed by atoms with Crippen molar-refractivity contribution in [3.05, 3.63) is 76.0 Å². The third kappa shape index (κ3) is 6.85. The zero-order valence-electron chi connectivity index (χ0n) is 22.6. The predicted molar refractivity (Wildman–Crippen MR) is 155 cm³/mol. The number of hydrogen-bond acceptors (Lipinski definition) is 7. The first-order valence-corrected chi connectivity index (χ1v) is 14.9. The van der Waals surface area contributed by atoms with Gasteiger partial charge >= 0.3 is 0 Å². The fraction of sp³-hybridized carbons (Fsp3) is 0.433. The van der Waals surface area contributed by atoms with Crippen LogP contribution in [0.25, 0.3) is 5.69 Å². The second kappa shape index (κ2) is 13.3. The number of amides is 1. The van der Waals surface area contributed by atoms with Crippen LogP contribution in [-0.2, 0) is 17.8 Å². The normalized spacial score (nSPS) is 15.0. The van der Waals surface area contributed by atoms with E-state index >= 15 is 0 Å². The van der Waals surface area contributed by atoms with E-state index < -0.39 is 0 Å². The lowest BCUT2D eigenvalue weighted by Gasteiger charge is -2.30. The Bertz CT molecular complexity index is 1380. The number of nitrogens with two attached hydrogens (primary N) is 1. The van der Waals surface area contributed by atoms with E-state index in [0.29, 0.717) is 52.7 Å². The van der Waals surface area contributed by atoms with E-state index in [2.05, 4.69) is 5.32 Å². The van der Waals surface area contributed by atoms with Crippen molar-refractivity contribution in [1.29, 1.82) is 0 Å². The van der Waals surface area contributed by atoms with Crippen molar-refractivity contribution in [2.45, 2.75) is 61.9 Å². The fourth-order valence-corrected chi connectivity index (χ4v) is 6.16. The first kappa shape index (κ1) is 28.2. The van der Waals surface area contributed by atoms with Crippen molar-refractivity contribution in [3.63, 3.8) is 0 Å². The van der Waals surface area contributed by atoms with Gasteiger partial charge in [-0.1, -0.05) is 30.3 Å². The van der Waals surface area contributed by atoms with E-state index in [1.165, 1.54) is 18.6 Å². The summed E-state index contributed by atoms with van der Waals surface area (Å²) >= 11 is 1.66. The highest BCUT2D eigenvalue weighted by atomic mass is 32.2. The Balaban J connectivity index is 1.14. The maximum atomic E-state index is 13.8. The molecule has 0 saturated heterocycles. The van der Waals surface area contributed by atoms with Gasteiger partial charge in [0.05, 0.1) is 42.3 Å². The average molecular weight is 566 g/mol. The smallest absolute Gasteiger partial charge is 0.264 e. The Labute approximate surface area is 238 Å². The van der Waals surface area contributed by atoms with E-state index in [1.807, 2.05) is 18.2 Å². The molecule has 10 heteroatoms. The summed E-state index contributed by atoms with van der Waals surface area (Å²) in [5.41, 5.74) is 8.65. The minimum absolute atomic E-state index is 0.0246. The molecule has 212 valence electrons. The molecular formula is C30H36FN5O3S. The van der Waals surface area contributed by atoms with Gasteiger partial charge < -0.3 is 20.7 Å². The van der Waals surface area contributed by atoms with Crippen LogP contribution in [-0.4, -0.2) is 51.8 Å². The molecule has 1 amide bonds. The van der Waals surface area contributed by atoms with E-state index in [9.17, 15) is 14.0 Å². The van der Waals surface area contributed by atoms with Gasteiger partial charge in [-0.15, -0.1) is 0 Å². The molecule has 1 fully saturated rings. The van der Waals surface area contributed by atoms with Gasteiger partial charge in [0.15, 0.2) is 5.16 Å². The van der Waals surface area contributed by atoms with Crippen LogP contribution in [0.4, 0.5) is 10.1 Å². The standard InChI is InChI=1S/C30H36FN5O3S/c31-21-11-13-22(14-12-21)39-18-5-1-4-16-33-19-28(37)35-17-15-26-24(20-35)29(38)36(27-10-3-2-9-25(27)32)30(34-26)40-23-7-6-8-23/h2-3,9-14,23,33H,1,4-8,15-20,32H2. The number of nitrogen functional groups attached to an aromatic ring is 1. The topological polar surface area (TPSA) is 102 Å². The highest BCUT2D eigenvalue weighted by molar-refractivity contribution is 7.99. The molecule has 1 saturated carbocycles. The SMILES string of the molecule is Nc1ccccc1-n1c(SC2CCC2)nc2c(c1=O)CN(C(=O)CNCCCCCOc1ccc(F)cc1)CC2. The van der Waals surface area contributed by atoms with Gasteiger partial charge in [0.25, 0.3) is 5.56 Å². The van der Waals surface area contributed by atoms with Crippen molar-refractivity contribution in [2.24, 2.45) is 0 Å². The van der Waals surface area contributed by atoms with Crippen LogP contribution >= 0.6 is 11.8 Å². The third-order valence-electron chi connectivity index (χ3n) is 7.41. The number of nitrogens with one attached hydrogen (secondary N) is 1. The fourth-order valence-electron chi connectivity index (χ4n) is 4.84. The number of hydrogen-bond donors (Lipinski definition) is 2. The molecule has 2 aliphatic rings. The number of fused-ring (bicyclic) bond motifs is 1. The molecule has 40 heavy (non-hydrogen) atoms. The molecule has 3 aromatic rings. The van der Waals surface area contributed by atoms with Crippen molar-refractivity contribution in [3.8, 4) is 11.4 Å². The number of benzene rings is 2.